The normalized spacial score (nSPS) is 15.4. The Labute approximate surface area is 115 Å². The zero-order chi connectivity index (χ0) is 13.8. The van der Waals surface area contributed by atoms with Gasteiger partial charge < -0.3 is 9.64 Å². The Hall–Kier alpha value is -1.51. The Morgan fingerprint density at radius 2 is 1.84 bits per heavy atom. The van der Waals surface area contributed by atoms with Gasteiger partial charge in [0.1, 0.15) is 5.75 Å². The zero-order valence-corrected chi connectivity index (χ0v) is 12.2. The van der Waals surface area contributed by atoms with E-state index < -0.39 is 0 Å². The van der Waals surface area contributed by atoms with Crippen LogP contribution in [-0.4, -0.2) is 30.5 Å². The lowest BCUT2D eigenvalue weighted by molar-refractivity contribution is -0.134. The van der Waals surface area contributed by atoms with Crippen molar-refractivity contribution in [2.24, 2.45) is 0 Å². The molecule has 0 bridgehead atoms. The van der Waals surface area contributed by atoms with E-state index in [1.807, 2.05) is 24.8 Å². The molecule has 2 rings (SSSR count). The maximum atomic E-state index is 12.1. The van der Waals surface area contributed by atoms with Crippen LogP contribution in [0.4, 0.5) is 0 Å². The highest BCUT2D eigenvalue weighted by atomic mass is 16.5. The van der Waals surface area contributed by atoms with Gasteiger partial charge in [-0.15, -0.1) is 0 Å². The van der Waals surface area contributed by atoms with Crippen LogP contribution in [0, 0.1) is 20.8 Å². The molecule has 1 aliphatic heterocycles. The number of amides is 1. The number of hydrogen-bond donors (Lipinski definition) is 0. The smallest absolute Gasteiger partial charge is 0.260 e. The molecule has 0 saturated carbocycles. The number of rotatable bonds is 3. The molecule has 3 heteroatoms. The van der Waals surface area contributed by atoms with E-state index in [0.717, 1.165) is 37.2 Å². The van der Waals surface area contributed by atoms with Crippen LogP contribution < -0.4 is 4.74 Å². The maximum Gasteiger partial charge on any atom is 0.260 e. The molecular formula is C16H23NO2. The molecule has 0 unspecified atom stereocenters. The Balaban J connectivity index is 1.96. The molecule has 1 heterocycles. The first-order valence-corrected chi connectivity index (χ1v) is 7.06. The van der Waals surface area contributed by atoms with Crippen LogP contribution in [0.25, 0.3) is 0 Å². The van der Waals surface area contributed by atoms with E-state index in [9.17, 15) is 4.79 Å². The molecule has 104 valence electrons. The molecule has 0 N–H and O–H groups in total. The SMILES string of the molecule is Cc1cc(C)c(C)c(OCC(=O)N2CCCCC2)c1. The van der Waals surface area contributed by atoms with Gasteiger partial charge in [0.25, 0.3) is 5.91 Å². The van der Waals surface area contributed by atoms with Crippen LogP contribution in [0.3, 0.4) is 0 Å². The zero-order valence-electron chi connectivity index (χ0n) is 12.2. The number of likely N-dealkylation sites (tertiary alicyclic amines) is 1. The first-order chi connectivity index (χ1) is 9.08. The summed E-state index contributed by atoms with van der Waals surface area (Å²) in [6.07, 6.45) is 3.48. The monoisotopic (exact) mass is 261 g/mol. The van der Waals surface area contributed by atoms with Crippen LogP contribution in [-0.2, 0) is 4.79 Å². The van der Waals surface area contributed by atoms with Crippen LogP contribution >= 0.6 is 0 Å². The van der Waals surface area contributed by atoms with Crippen LogP contribution in [0.5, 0.6) is 5.75 Å². The fourth-order valence-corrected chi connectivity index (χ4v) is 2.52. The fourth-order valence-electron chi connectivity index (χ4n) is 2.52. The molecule has 1 aromatic rings. The minimum absolute atomic E-state index is 0.109. The van der Waals surface area contributed by atoms with Gasteiger partial charge in [-0.2, -0.15) is 0 Å². The summed E-state index contributed by atoms with van der Waals surface area (Å²) in [6, 6.07) is 4.14. The van der Waals surface area contributed by atoms with Gasteiger partial charge in [0.2, 0.25) is 0 Å². The van der Waals surface area contributed by atoms with Crippen LogP contribution in [0.2, 0.25) is 0 Å². The summed E-state index contributed by atoms with van der Waals surface area (Å²) in [6.45, 7) is 8.08. The van der Waals surface area contributed by atoms with Crippen molar-refractivity contribution in [3.05, 3.63) is 28.8 Å². The highest BCUT2D eigenvalue weighted by Gasteiger charge is 2.17. The molecule has 0 aromatic heterocycles. The third kappa shape index (κ3) is 3.49. The van der Waals surface area contributed by atoms with Gasteiger partial charge in [0, 0.05) is 13.1 Å². The van der Waals surface area contributed by atoms with Crippen molar-refractivity contribution in [3.8, 4) is 5.75 Å². The number of hydrogen-bond acceptors (Lipinski definition) is 2. The van der Waals surface area contributed by atoms with Gasteiger partial charge in [0.05, 0.1) is 0 Å². The van der Waals surface area contributed by atoms with Gasteiger partial charge in [0.15, 0.2) is 6.61 Å². The van der Waals surface area contributed by atoms with E-state index in [2.05, 4.69) is 13.0 Å². The van der Waals surface area contributed by atoms with Crippen LogP contribution in [0.15, 0.2) is 12.1 Å². The molecular weight excluding hydrogens is 238 g/mol. The summed E-state index contributed by atoms with van der Waals surface area (Å²) in [7, 11) is 0. The van der Waals surface area contributed by atoms with E-state index in [-0.39, 0.29) is 12.5 Å². The molecule has 1 amide bonds. The van der Waals surface area contributed by atoms with Crippen LogP contribution in [0.1, 0.15) is 36.0 Å². The molecule has 0 aliphatic carbocycles. The molecule has 3 nitrogen and oxygen atoms in total. The van der Waals surface area contributed by atoms with Gasteiger partial charge in [-0.1, -0.05) is 6.07 Å². The van der Waals surface area contributed by atoms with E-state index in [1.165, 1.54) is 17.5 Å². The lowest BCUT2D eigenvalue weighted by Crippen LogP contribution is -2.38. The van der Waals surface area contributed by atoms with Crippen molar-refractivity contribution in [1.29, 1.82) is 0 Å². The highest BCUT2D eigenvalue weighted by Crippen LogP contribution is 2.23. The third-order valence-corrected chi connectivity index (χ3v) is 3.82. The standard InChI is InChI=1S/C16H23NO2/c1-12-9-13(2)14(3)15(10-12)19-11-16(18)17-7-5-4-6-8-17/h9-10H,4-8,11H2,1-3H3. The number of benzene rings is 1. The fraction of sp³-hybridized carbons (Fsp3) is 0.562. The Morgan fingerprint density at radius 1 is 1.16 bits per heavy atom. The van der Waals surface area contributed by atoms with Crippen molar-refractivity contribution in [2.45, 2.75) is 40.0 Å². The molecule has 1 saturated heterocycles. The minimum Gasteiger partial charge on any atom is -0.483 e. The van der Waals surface area contributed by atoms with E-state index >= 15 is 0 Å². The lowest BCUT2D eigenvalue weighted by Gasteiger charge is -2.26. The molecule has 1 fully saturated rings. The van der Waals surface area contributed by atoms with Crippen molar-refractivity contribution in [2.75, 3.05) is 19.7 Å². The van der Waals surface area contributed by atoms with Gasteiger partial charge in [-0.3, -0.25) is 4.79 Å². The second-order valence-corrected chi connectivity index (χ2v) is 5.44. The molecule has 0 radical (unpaired) electrons. The largest absolute Gasteiger partial charge is 0.483 e. The number of piperidine rings is 1. The lowest BCUT2D eigenvalue weighted by atomic mass is 10.1. The van der Waals surface area contributed by atoms with Crippen molar-refractivity contribution >= 4 is 5.91 Å². The number of nitrogens with zero attached hydrogens (tertiary/aromatic N) is 1. The van der Waals surface area contributed by atoms with E-state index in [4.69, 9.17) is 4.74 Å². The first kappa shape index (κ1) is 13.9. The Kier molecular flexibility index (Phi) is 4.46. The maximum absolute atomic E-state index is 12.1. The van der Waals surface area contributed by atoms with Crippen molar-refractivity contribution in [3.63, 3.8) is 0 Å². The van der Waals surface area contributed by atoms with Gasteiger partial charge >= 0.3 is 0 Å². The highest BCUT2D eigenvalue weighted by molar-refractivity contribution is 5.77. The average Bonchev–Trinajstić information content (AvgIpc) is 2.41. The summed E-state index contributed by atoms with van der Waals surface area (Å²) >= 11 is 0. The number of ether oxygens (including phenoxy) is 1. The number of carbonyl (C=O) groups is 1. The minimum atomic E-state index is 0.109. The topological polar surface area (TPSA) is 29.5 Å². The van der Waals surface area contributed by atoms with E-state index in [0.29, 0.717) is 0 Å². The summed E-state index contributed by atoms with van der Waals surface area (Å²) in [5.41, 5.74) is 3.50. The second kappa shape index (κ2) is 6.09. The molecule has 19 heavy (non-hydrogen) atoms. The first-order valence-electron chi connectivity index (χ1n) is 7.06. The molecule has 0 atom stereocenters. The Bertz CT molecular complexity index is 462. The second-order valence-electron chi connectivity index (χ2n) is 5.44. The summed E-state index contributed by atoms with van der Waals surface area (Å²) in [4.78, 5) is 14.0. The molecule has 1 aromatic carbocycles. The molecule has 1 aliphatic rings. The summed E-state index contributed by atoms with van der Waals surface area (Å²) < 4.78 is 5.72. The predicted octanol–water partition coefficient (Wildman–Crippen LogP) is 3.00. The Morgan fingerprint density at radius 3 is 2.53 bits per heavy atom. The predicted molar refractivity (Wildman–Crippen MR) is 76.6 cm³/mol. The number of aryl methyl sites for hydroxylation is 2. The number of carbonyl (C=O) groups excluding carboxylic acids is 1. The third-order valence-electron chi connectivity index (χ3n) is 3.82. The van der Waals surface area contributed by atoms with E-state index in [1.54, 1.807) is 0 Å². The van der Waals surface area contributed by atoms with Gasteiger partial charge in [-0.05, 0) is 62.8 Å². The molecule has 0 spiro atoms. The summed E-state index contributed by atoms with van der Waals surface area (Å²) in [5, 5.41) is 0. The quantitative estimate of drug-likeness (QED) is 0.837. The van der Waals surface area contributed by atoms with Crippen molar-refractivity contribution < 1.29 is 9.53 Å². The van der Waals surface area contributed by atoms with Crippen molar-refractivity contribution in [1.82, 2.24) is 4.90 Å². The summed E-state index contributed by atoms with van der Waals surface area (Å²) in [5.74, 6) is 0.945. The average molecular weight is 261 g/mol. The van der Waals surface area contributed by atoms with Gasteiger partial charge in [-0.25, -0.2) is 0 Å².